The SMILES string of the molecule is CN1CC(=O)N([C@@H](CCCCNC(=O)OC(C)(C)C)C(=O)NCCCCCCCCCCC(=O)NCCNC(=O)OC(C)(C)C)CC1=O. The minimum atomic E-state index is -0.743. The van der Waals surface area contributed by atoms with Crippen LogP contribution in [-0.2, 0) is 28.7 Å². The number of hydrogen-bond donors (Lipinski definition) is 4. The molecule has 1 heterocycles. The van der Waals surface area contributed by atoms with Gasteiger partial charge in [0, 0.05) is 39.6 Å². The number of carbonyl (C=O) groups is 6. The van der Waals surface area contributed by atoms with Crippen LogP contribution in [0.25, 0.3) is 0 Å². The number of rotatable bonds is 21. The third-order valence-corrected chi connectivity index (χ3v) is 7.42. The van der Waals surface area contributed by atoms with Gasteiger partial charge in [-0.05, 0) is 73.6 Å². The molecule has 1 fully saturated rings. The number of likely N-dealkylation sites (N-methyl/N-ethyl adjacent to an activating group) is 1. The summed E-state index contributed by atoms with van der Waals surface area (Å²) in [6, 6.07) is -0.743. The first-order chi connectivity index (χ1) is 22.5. The standard InChI is InChI=1S/C34H62N6O8/c1-33(2,3)47-31(45)37-21-17-15-18-26(40-25-28(42)39(7)24-29(40)43)30(44)36-20-16-13-11-9-8-10-12-14-19-27(41)35-22-23-38-32(46)48-34(4,5)6/h26H,8-25H2,1-7H3,(H,35,41)(H,36,44)(H,37,45)(H,38,46)/t26-/m0/s1. The van der Waals surface area contributed by atoms with E-state index in [1.165, 1.54) is 9.80 Å². The Balaban J connectivity index is 2.24. The van der Waals surface area contributed by atoms with Crippen LogP contribution in [0.1, 0.15) is 119 Å². The third kappa shape index (κ3) is 20.6. The molecule has 0 aromatic heterocycles. The molecule has 4 N–H and O–H groups in total. The fraction of sp³-hybridized carbons (Fsp3) is 0.824. The number of carbonyl (C=O) groups excluding carboxylic acids is 6. The van der Waals surface area contributed by atoms with E-state index in [2.05, 4.69) is 21.3 Å². The van der Waals surface area contributed by atoms with Gasteiger partial charge in [-0.3, -0.25) is 19.2 Å². The Morgan fingerprint density at radius 3 is 1.69 bits per heavy atom. The zero-order chi connectivity index (χ0) is 36.2. The minimum absolute atomic E-state index is 0.0240. The Bertz CT molecular complexity index is 1040. The number of hydrogen-bond acceptors (Lipinski definition) is 8. The van der Waals surface area contributed by atoms with Gasteiger partial charge in [-0.15, -0.1) is 0 Å². The summed E-state index contributed by atoms with van der Waals surface area (Å²) in [6.45, 7) is 12.1. The van der Waals surface area contributed by atoms with Gasteiger partial charge in [0.1, 0.15) is 23.8 Å². The quantitative estimate of drug-likeness (QED) is 0.133. The number of nitrogens with zero attached hydrogens (tertiary/aromatic N) is 2. The summed E-state index contributed by atoms with van der Waals surface area (Å²) in [5, 5.41) is 11.1. The smallest absolute Gasteiger partial charge is 0.407 e. The maximum absolute atomic E-state index is 13.2. The first-order valence-electron chi connectivity index (χ1n) is 17.5. The Morgan fingerprint density at radius 1 is 0.625 bits per heavy atom. The fourth-order valence-electron chi connectivity index (χ4n) is 4.99. The Hall–Kier alpha value is -3.58. The van der Waals surface area contributed by atoms with E-state index >= 15 is 0 Å². The molecule has 0 radical (unpaired) electrons. The van der Waals surface area contributed by atoms with Crippen molar-refractivity contribution in [2.45, 2.75) is 136 Å². The fourth-order valence-corrected chi connectivity index (χ4v) is 4.99. The molecule has 0 unspecified atom stereocenters. The molecule has 14 nitrogen and oxygen atoms in total. The maximum atomic E-state index is 13.2. The minimum Gasteiger partial charge on any atom is -0.444 e. The van der Waals surface area contributed by atoms with Crippen LogP contribution in [0.4, 0.5) is 9.59 Å². The summed E-state index contributed by atoms with van der Waals surface area (Å²) < 4.78 is 10.4. The van der Waals surface area contributed by atoms with E-state index in [0.717, 1.165) is 51.4 Å². The summed E-state index contributed by atoms with van der Waals surface area (Å²) in [6.07, 6.45) is 8.87. The molecule has 48 heavy (non-hydrogen) atoms. The predicted molar refractivity (Wildman–Crippen MR) is 183 cm³/mol. The van der Waals surface area contributed by atoms with Crippen LogP contribution in [0.15, 0.2) is 0 Å². The molecule has 0 spiro atoms. The average molecular weight is 683 g/mol. The molecule has 1 saturated heterocycles. The van der Waals surface area contributed by atoms with Crippen molar-refractivity contribution < 1.29 is 38.2 Å². The molecular formula is C34H62N6O8. The van der Waals surface area contributed by atoms with Crippen LogP contribution in [-0.4, -0.2) is 109 Å². The third-order valence-electron chi connectivity index (χ3n) is 7.42. The van der Waals surface area contributed by atoms with Gasteiger partial charge in [0.2, 0.25) is 23.6 Å². The molecule has 14 heteroatoms. The van der Waals surface area contributed by atoms with Crippen molar-refractivity contribution >= 4 is 35.8 Å². The van der Waals surface area contributed by atoms with Gasteiger partial charge >= 0.3 is 12.2 Å². The topological polar surface area (TPSA) is 175 Å². The van der Waals surface area contributed by atoms with Gasteiger partial charge < -0.3 is 40.5 Å². The second-order valence-electron chi connectivity index (χ2n) is 14.4. The molecule has 276 valence electrons. The molecule has 1 atom stereocenters. The number of piperazine rings is 1. The summed E-state index contributed by atoms with van der Waals surface area (Å²) in [4.78, 5) is 76.4. The van der Waals surface area contributed by atoms with Gasteiger partial charge in [-0.2, -0.15) is 0 Å². The number of amides is 6. The van der Waals surface area contributed by atoms with E-state index in [1.54, 1.807) is 48.6 Å². The number of nitrogens with one attached hydrogen (secondary N) is 4. The van der Waals surface area contributed by atoms with Crippen LogP contribution >= 0.6 is 0 Å². The Kier molecular flexibility index (Phi) is 19.6. The summed E-state index contributed by atoms with van der Waals surface area (Å²) >= 11 is 0. The van der Waals surface area contributed by atoms with Gasteiger partial charge in [-0.25, -0.2) is 9.59 Å². The van der Waals surface area contributed by atoms with E-state index in [-0.39, 0.29) is 36.7 Å². The van der Waals surface area contributed by atoms with E-state index in [1.807, 2.05) is 0 Å². The highest BCUT2D eigenvalue weighted by atomic mass is 16.6. The van der Waals surface area contributed by atoms with E-state index in [9.17, 15) is 28.8 Å². The molecule has 0 bridgehead atoms. The van der Waals surface area contributed by atoms with Crippen molar-refractivity contribution in [3.8, 4) is 0 Å². The lowest BCUT2D eigenvalue weighted by Gasteiger charge is -2.36. The lowest BCUT2D eigenvalue weighted by molar-refractivity contribution is -0.153. The molecule has 0 aromatic carbocycles. The van der Waals surface area contributed by atoms with Gasteiger partial charge in [0.25, 0.3) is 0 Å². The number of ether oxygens (including phenoxy) is 2. The number of unbranched alkanes of at least 4 members (excludes halogenated alkanes) is 8. The van der Waals surface area contributed by atoms with Gasteiger partial charge in [-0.1, -0.05) is 38.5 Å². The zero-order valence-electron chi connectivity index (χ0n) is 30.5. The Labute approximate surface area is 287 Å². The molecular weight excluding hydrogens is 620 g/mol. The first kappa shape index (κ1) is 42.4. The second kappa shape index (κ2) is 22.1. The molecule has 0 aromatic rings. The van der Waals surface area contributed by atoms with Crippen LogP contribution < -0.4 is 21.3 Å². The highest BCUT2D eigenvalue weighted by Gasteiger charge is 2.35. The highest BCUT2D eigenvalue weighted by molar-refractivity contribution is 5.96. The molecule has 1 aliphatic heterocycles. The summed E-state index contributed by atoms with van der Waals surface area (Å²) in [7, 11) is 1.58. The monoisotopic (exact) mass is 682 g/mol. The van der Waals surface area contributed by atoms with E-state index < -0.39 is 29.4 Å². The van der Waals surface area contributed by atoms with Crippen molar-refractivity contribution in [2.24, 2.45) is 0 Å². The van der Waals surface area contributed by atoms with Gasteiger partial charge in [0.15, 0.2) is 0 Å². The molecule has 0 aliphatic carbocycles. The maximum Gasteiger partial charge on any atom is 0.407 e. The van der Waals surface area contributed by atoms with Crippen LogP contribution in [0.3, 0.4) is 0 Å². The average Bonchev–Trinajstić information content (AvgIpc) is 2.96. The Morgan fingerprint density at radius 2 is 1.10 bits per heavy atom. The number of alkyl carbamates (subject to hydrolysis) is 2. The normalized spacial score (nSPS) is 14.3. The first-order valence-corrected chi connectivity index (χ1v) is 17.5. The van der Waals surface area contributed by atoms with Crippen molar-refractivity contribution in [2.75, 3.05) is 46.3 Å². The molecule has 1 rings (SSSR count). The second-order valence-corrected chi connectivity index (χ2v) is 14.4. The van der Waals surface area contributed by atoms with Crippen LogP contribution in [0.5, 0.6) is 0 Å². The van der Waals surface area contributed by atoms with Crippen molar-refractivity contribution in [1.29, 1.82) is 0 Å². The zero-order valence-corrected chi connectivity index (χ0v) is 30.5. The van der Waals surface area contributed by atoms with Gasteiger partial charge in [0.05, 0.1) is 6.54 Å². The summed E-state index contributed by atoms with van der Waals surface area (Å²) in [5.74, 6) is -0.738. The largest absolute Gasteiger partial charge is 0.444 e. The molecule has 6 amide bonds. The predicted octanol–water partition coefficient (Wildman–Crippen LogP) is 3.62. The molecule has 0 saturated carbocycles. The lowest BCUT2D eigenvalue weighted by Crippen LogP contribution is -2.59. The molecule has 1 aliphatic rings. The van der Waals surface area contributed by atoms with Crippen LogP contribution in [0, 0.1) is 0 Å². The van der Waals surface area contributed by atoms with Crippen molar-refractivity contribution in [3.63, 3.8) is 0 Å². The van der Waals surface area contributed by atoms with Crippen molar-refractivity contribution in [1.82, 2.24) is 31.1 Å². The van der Waals surface area contributed by atoms with E-state index in [4.69, 9.17) is 9.47 Å². The van der Waals surface area contributed by atoms with Crippen molar-refractivity contribution in [3.05, 3.63) is 0 Å². The van der Waals surface area contributed by atoms with E-state index in [0.29, 0.717) is 51.9 Å². The van der Waals surface area contributed by atoms with Crippen LogP contribution in [0.2, 0.25) is 0 Å². The summed E-state index contributed by atoms with van der Waals surface area (Å²) in [5.41, 5.74) is -1.14. The highest BCUT2D eigenvalue weighted by Crippen LogP contribution is 2.15. The lowest BCUT2D eigenvalue weighted by atomic mass is 10.0.